The fraction of sp³-hybridized carbons (Fsp3) is 0.345. The van der Waals surface area contributed by atoms with Crippen LogP contribution in [0.15, 0.2) is 48.5 Å². The van der Waals surface area contributed by atoms with Gasteiger partial charge in [-0.25, -0.2) is 9.97 Å². The molecule has 0 amide bonds. The molecule has 0 aliphatic heterocycles. The van der Waals surface area contributed by atoms with E-state index < -0.39 is 0 Å². The number of H-pyrrole nitrogens is 1. The summed E-state index contributed by atoms with van der Waals surface area (Å²) in [6, 6.07) is 17.3. The lowest BCUT2D eigenvalue weighted by Gasteiger charge is -2.18. The Balaban J connectivity index is 1.41. The van der Waals surface area contributed by atoms with E-state index >= 15 is 0 Å². The van der Waals surface area contributed by atoms with Gasteiger partial charge in [-0.15, -0.1) is 10.2 Å². The van der Waals surface area contributed by atoms with Crippen molar-refractivity contribution in [2.75, 3.05) is 0 Å². The van der Waals surface area contributed by atoms with Crippen LogP contribution in [0.5, 0.6) is 0 Å². The van der Waals surface area contributed by atoms with Crippen LogP contribution >= 0.6 is 0 Å². The minimum absolute atomic E-state index is 0.204. The van der Waals surface area contributed by atoms with E-state index in [9.17, 15) is 5.11 Å². The van der Waals surface area contributed by atoms with Crippen LogP contribution in [0.3, 0.4) is 0 Å². The molecule has 0 fully saturated rings. The van der Waals surface area contributed by atoms with Crippen LogP contribution in [0.2, 0.25) is 0 Å². The molecule has 2 N–H and O–H groups in total. The highest BCUT2D eigenvalue weighted by atomic mass is 16.3. The zero-order chi connectivity index (χ0) is 25.5. The van der Waals surface area contributed by atoms with Crippen LogP contribution < -0.4 is 0 Å². The number of imidazole rings is 1. The predicted molar refractivity (Wildman–Crippen MR) is 143 cm³/mol. The van der Waals surface area contributed by atoms with E-state index in [-0.39, 0.29) is 12.1 Å². The zero-order valence-corrected chi connectivity index (χ0v) is 21.4. The van der Waals surface area contributed by atoms with Crippen molar-refractivity contribution < 1.29 is 5.11 Å². The van der Waals surface area contributed by atoms with E-state index in [2.05, 4.69) is 69.4 Å². The number of pyridine rings is 1. The lowest BCUT2D eigenvalue weighted by molar-refractivity contribution is 0.184. The van der Waals surface area contributed by atoms with Gasteiger partial charge >= 0.3 is 0 Å². The molecule has 0 bridgehead atoms. The molecule has 3 aromatic heterocycles. The van der Waals surface area contributed by atoms with Crippen molar-refractivity contribution in [2.45, 2.75) is 65.0 Å². The van der Waals surface area contributed by atoms with Crippen LogP contribution in [0.1, 0.15) is 60.9 Å². The molecule has 37 heavy (non-hydrogen) atoms. The summed E-state index contributed by atoms with van der Waals surface area (Å²) in [6.07, 6.45) is 3.98. The Kier molecular flexibility index (Phi) is 6.04. The average Bonchev–Trinajstić information content (AvgIpc) is 3.65. The molecule has 0 saturated heterocycles. The van der Waals surface area contributed by atoms with E-state index in [1.54, 1.807) is 0 Å². The third-order valence-corrected chi connectivity index (χ3v) is 7.42. The van der Waals surface area contributed by atoms with Gasteiger partial charge in [0.1, 0.15) is 11.3 Å². The first kappa shape index (κ1) is 23.5. The van der Waals surface area contributed by atoms with Crippen molar-refractivity contribution in [2.24, 2.45) is 0 Å². The van der Waals surface area contributed by atoms with Gasteiger partial charge in [-0.2, -0.15) is 5.21 Å². The molecular formula is C29H31N7O. The normalized spacial score (nSPS) is 15.8. The molecule has 5 aromatic rings. The summed E-state index contributed by atoms with van der Waals surface area (Å²) < 4.78 is 2.37. The first-order valence-corrected chi connectivity index (χ1v) is 13.0. The van der Waals surface area contributed by atoms with E-state index in [0.717, 1.165) is 70.6 Å². The number of aromatic nitrogens is 7. The average molecular weight is 494 g/mol. The van der Waals surface area contributed by atoms with Crippen LogP contribution in [0.4, 0.5) is 0 Å². The number of rotatable bonds is 7. The second kappa shape index (κ2) is 9.52. The van der Waals surface area contributed by atoms with Gasteiger partial charge in [0.25, 0.3) is 0 Å². The SMILES string of the molecule is CCc1nc2c(C)cc(CCC(C)O)nc2n1[C@H]1CCc2cc(-c3ccccc3-c3nn[nH]n3)ccc21. The fourth-order valence-electron chi connectivity index (χ4n) is 5.63. The number of aromatic amines is 1. The summed E-state index contributed by atoms with van der Waals surface area (Å²) in [7, 11) is 0. The fourth-order valence-corrected chi connectivity index (χ4v) is 5.63. The van der Waals surface area contributed by atoms with Crippen LogP contribution in [0.25, 0.3) is 33.7 Å². The Labute approximate surface area is 215 Å². The highest BCUT2D eigenvalue weighted by Gasteiger charge is 2.29. The lowest BCUT2D eigenvalue weighted by Crippen LogP contribution is -2.12. The van der Waals surface area contributed by atoms with Gasteiger partial charge in [0.2, 0.25) is 5.82 Å². The Morgan fingerprint density at radius 3 is 2.70 bits per heavy atom. The molecule has 1 aliphatic rings. The molecule has 1 aliphatic carbocycles. The molecule has 8 nitrogen and oxygen atoms in total. The third kappa shape index (κ3) is 4.21. The topological polar surface area (TPSA) is 105 Å². The quantitative estimate of drug-likeness (QED) is 0.331. The van der Waals surface area contributed by atoms with E-state index in [1.807, 2.05) is 25.1 Å². The Hall–Kier alpha value is -3.91. The first-order chi connectivity index (χ1) is 18.0. The molecule has 2 atom stereocenters. The molecule has 188 valence electrons. The number of fused-ring (bicyclic) bond motifs is 2. The number of aliphatic hydroxyl groups is 1. The molecule has 0 saturated carbocycles. The summed E-state index contributed by atoms with van der Waals surface area (Å²) >= 11 is 0. The van der Waals surface area contributed by atoms with Crippen LogP contribution in [-0.2, 0) is 19.3 Å². The van der Waals surface area contributed by atoms with Crippen molar-refractivity contribution in [3.63, 3.8) is 0 Å². The zero-order valence-electron chi connectivity index (χ0n) is 21.4. The number of aliphatic hydroxyl groups excluding tert-OH is 1. The van der Waals surface area contributed by atoms with Gasteiger partial charge in [-0.3, -0.25) is 0 Å². The Morgan fingerprint density at radius 2 is 1.95 bits per heavy atom. The second-order valence-corrected chi connectivity index (χ2v) is 9.99. The lowest BCUT2D eigenvalue weighted by atomic mass is 9.96. The maximum absolute atomic E-state index is 9.79. The molecule has 3 heterocycles. The van der Waals surface area contributed by atoms with Gasteiger partial charge in [0.05, 0.1) is 12.1 Å². The summed E-state index contributed by atoms with van der Waals surface area (Å²) in [5, 5.41) is 24.5. The number of hydrogen-bond donors (Lipinski definition) is 2. The van der Waals surface area contributed by atoms with Crippen LogP contribution in [0, 0.1) is 6.92 Å². The van der Waals surface area contributed by atoms with Crippen molar-refractivity contribution >= 4 is 11.2 Å². The number of nitrogens with zero attached hydrogens (tertiary/aromatic N) is 6. The van der Waals surface area contributed by atoms with Crippen molar-refractivity contribution in [1.29, 1.82) is 0 Å². The standard InChI is InChI=1S/C29H31N7O/c1-4-26-31-27-17(2)15-21(12-9-18(3)37)30-29(27)36(26)25-14-11-20-16-19(10-13-23(20)25)22-7-5-6-8-24(22)28-32-34-35-33-28/h5-8,10,13,15-16,18,25,37H,4,9,11-12,14H2,1-3H3,(H,32,33,34,35)/t18?,25-/m0/s1. The Bertz CT molecular complexity index is 1570. The van der Waals surface area contributed by atoms with E-state index in [0.29, 0.717) is 12.2 Å². The number of hydrogen-bond acceptors (Lipinski definition) is 6. The maximum Gasteiger partial charge on any atom is 0.205 e. The van der Waals surface area contributed by atoms with Gasteiger partial charge in [-0.1, -0.05) is 49.4 Å². The van der Waals surface area contributed by atoms with Crippen molar-refractivity contribution in [1.82, 2.24) is 35.2 Å². The molecule has 2 aromatic carbocycles. The number of benzene rings is 2. The second-order valence-electron chi connectivity index (χ2n) is 9.99. The summed E-state index contributed by atoms with van der Waals surface area (Å²) in [5.41, 5.74) is 10.0. The highest BCUT2D eigenvalue weighted by molar-refractivity contribution is 5.81. The monoisotopic (exact) mass is 493 g/mol. The molecule has 0 radical (unpaired) electrons. The number of nitrogens with one attached hydrogen (secondary N) is 1. The Morgan fingerprint density at radius 1 is 1.11 bits per heavy atom. The smallest absolute Gasteiger partial charge is 0.205 e. The van der Waals surface area contributed by atoms with Crippen molar-refractivity contribution in [3.8, 4) is 22.5 Å². The predicted octanol–water partition coefficient (Wildman–Crippen LogP) is 5.00. The maximum atomic E-state index is 9.79. The number of tetrazole rings is 1. The molecule has 8 heteroatoms. The van der Waals surface area contributed by atoms with Gasteiger partial charge in [0.15, 0.2) is 5.65 Å². The molecule has 6 rings (SSSR count). The van der Waals surface area contributed by atoms with E-state index in [4.69, 9.17) is 9.97 Å². The van der Waals surface area contributed by atoms with E-state index in [1.165, 1.54) is 11.1 Å². The van der Waals surface area contributed by atoms with Gasteiger partial charge in [-0.05, 0) is 78.6 Å². The van der Waals surface area contributed by atoms with Crippen LogP contribution in [-0.4, -0.2) is 46.4 Å². The number of aryl methyl sites for hydroxylation is 4. The molecule has 1 unspecified atom stereocenters. The first-order valence-electron chi connectivity index (χ1n) is 13.0. The molecular weight excluding hydrogens is 462 g/mol. The minimum Gasteiger partial charge on any atom is -0.393 e. The largest absolute Gasteiger partial charge is 0.393 e. The van der Waals surface area contributed by atoms with Gasteiger partial charge < -0.3 is 9.67 Å². The minimum atomic E-state index is -0.338. The summed E-state index contributed by atoms with van der Waals surface area (Å²) in [4.78, 5) is 10.1. The van der Waals surface area contributed by atoms with Gasteiger partial charge in [0, 0.05) is 17.7 Å². The third-order valence-electron chi connectivity index (χ3n) is 7.42. The molecule has 0 spiro atoms. The highest BCUT2D eigenvalue weighted by Crippen LogP contribution is 2.40. The van der Waals surface area contributed by atoms with Crippen molar-refractivity contribution in [3.05, 3.63) is 76.7 Å². The summed E-state index contributed by atoms with van der Waals surface area (Å²) in [5.74, 6) is 1.67. The summed E-state index contributed by atoms with van der Waals surface area (Å²) in [6.45, 7) is 6.10.